The number of nitrogens with zero attached hydrogens (tertiary/aromatic N) is 1. The molecule has 0 saturated heterocycles. The highest BCUT2D eigenvalue weighted by Gasteiger charge is 2.38. The minimum absolute atomic E-state index is 0.437. The van der Waals surface area contributed by atoms with Crippen molar-refractivity contribution in [2.24, 2.45) is 0 Å². The Labute approximate surface area is 191 Å². The van der Waals surface area contributed by atoms with Crippen LogP contribution < -0.4 is 20.3 Å². The lowest BCUT2D eigenvalue weighted by atomic mass is 10.2. The lowest BCUT2D eigenvalue weighted by Crippen LogP contribution is -2.21. The molecular formula is C26H33N2O3P. The number of ether oxygens (including phenoxy) is 1. The fourth-order valence-electron chi connectivity index (χ4n) is 3.44. The zero-order valence-corrected chi connectivity index (χ0v) is 20.2. The van der Waals surface area contributed by atoms with E-state index in [2.05, 4.69) is 12.2 Å². The Morgan fingerprint density at radius 2 is 1.59 bits per heavy atom. The summed E-state index contributed by atoms with van der Waals surface area (Å²) >= 11 is 0. The van der Waals surface area contributed by atoms with Crippen molar-refractivity contribution in [2.75, 3.05) is 38.0 Å². The molecule has 170 valence electrons. The molecule has 32 heavy (non-hydrogen) atoms. The van der Waals surface area contributed by atoms with Crippen LogP contribution in [0.25, 0.3) is 0 Å². The van der Waals surface area contributed by atoms with Crippen LogP contribution in [0, 0.1) is 0 Å². The molecule has 2 atom stereocenters. The Morgan fingerprint density at radius 3 is 2.16 bits per heavy atom. The smallest absolute Gasteiger partial charge is 0.258 e. The largest absolute Gasteiger partial charge is 0.497 e. The van der Waals surface area contributed by atoms with Crippen molar-refractivity contribution in [3.8, 4) is 5.75 Å². The number of nitrogens with one attached hydrogen (secondary N) is 1. The first-order valence-electron chi connectivity index (χ1n) is 11.0. The zero-order valence-electron chi connectivity index (χ0n) is 19.3. The van der Waals surface area contributed by atoms with Gasteiger partial charge in [0.15, 0.2) is 0 Å². The standard InChI is InChI=1S/C26H33N2O3P/c1-5-6-20-31-32(29,25-18-14-23(15-19-25)28(2)3)26(27-22-10-8-7-9-11-22)21-12-16-24(30-4)17-13-21/h7-19,26-27H,5-6,20H2,1-4H3. The van der Waals surface area contributed by atoms with E-state index >= 15 is 0 Å². The van der Waals surface area contributed by atoms with Crippen molar-refractivity contribution in [3.63, 3.8) is 0 Å². The van der Waals surface area contributed by atoms with Gasteiger partial charge >= 0.3 is 0 Å². The minimum atomic E-state index is -3.34. The van der Waals surface area contributed by atoms with Crippen molar-refractivity contribution < 1.29 is 13.8 Å². The third kappa shape index (κ3) is 5.73. The van der Waals surface area contributed by atoms with Gasteiger partial charge in [-0.3, -0.25) is 4.57 Å². The number of hydrogen-bond donors (Lipinski definition) is 1. The molecule has 2 unspecified atom stereocenters. The molecule has 0 radical (unpaired) electrons. The highest BCUT2D eigenvalue weighted by Crippen LogP contribution is 2.59. The second kappa shape index (κ2) is 11.2. The van der Waals surface area contributed by atoms with Crippen LogP contribution in [0.1, 0.15) is 31.1 Å². The van der Waals surface area contributed by atoms with Crippen LogP contribution in [0.2, 0.25) is 0 Å². The highest BCUT2D eigenvalue weighted by atomic mass is 31.2. The summed E-state index contributed by atoms with van der Waals surface area (Å²) in [7, 11) is 2.27. The van der Waals surface area contributed by atoms with Crippen LogP contribution in [0.15, 0.2) is 78.9 Å². The van der Waals surface area contributed by atoms with Gasteiger partial charge < -0.3 is 19.5 Å². The summed E-state index contributed by atoms with van der Waals surface area (Å²) in [5.74, 6) is 0.210. The third-order valence-corrected chi connectivity index (χ3v) is 8.05. The molecule has 0 fully saturated rings. The predicted octanol–water partition coefficient (Wildman–Crippen LogP) is 6.29. The predicted molar refractivity (Wildman–Crippen MR) is 135 cm³/mol. The maximum atomic E-state index is 14.7. The quantitative estimate of drug-likeness (QED) is 0.274. The van der Waals surface area contributed by atoms with Gasteiger partial charge in [0.2, 0.25) is 0 Å². The van der Waals surface area contributed by atoms with E-state index in [0.717, 1.165) is 35.5 Å². The maximum Gasteiger partial charge on any atom is 0.258 e. The van der Waals surface area contributed by atoms with Crippen LogP contribution in [-0.4, -0.2) is 27.8 Å². The number of rotatable bonds is 11. The number of hydrogen-bond acceptors (Lipinski definition) is 5. The van der Waals surface area contributed by atoms with E-state index in [9.17, 15) is 4.57 Å². The van der Waals surface area contributed by atoms with E-state index in [1.807, 2.05) is 97.9 Å². The lowest BCUT2D eigenvalue weighted by Gasteiger charge is -2.30. The molecule has 0 aliphatic carbocycles. The second-order valence-electron chi connectivity index (χ2n) is 7.88. The van der Waals surface area contributed by atoms with E-state index in [-0.39, 0.29) is 0 Å². The molecule has 5 nitrogen and oxygen atoms in total. The van der Waals surface area contributed by atoms with Crippen molar-refractivity contribution in [2.45, 2.75) is 25.5 Å². The van der Waals surface area contributed by atoms with Crippen LogP contribution in [-0.2, 0) is 9.09 Å². The summed E-state index contributed by atoms with van der Waals surface area (Å²) in [6.07, 6.45) is 1.82. The van der Waals surface area contributed by atoms with Gasteiger partial charge in [0, 0.05) is 30.8 Å². The van der Waals surface area contributed by atoms with Crippen molar-refractivity contribution >= 4 is 24.0 Å². The lowest BCUT2D eigenvalue weighted by molar-refractivity contribution is 0.308. The Balaban J connectivity index is 2.09. The minimum Gasteiger partial charge on any atom is -0.497 e. The summed E-state index contributed by atoms with van der Waals surface area (Å²) in [5, 5.41) is 4.19. The van der Waals surface area contributed by atoms with Gasteiger partial charge in [-0.05, 0) is 60.5 Å². The van der Waals surface area contributed by atoms with Gasteiger partial charge in [0.05, 0.1) is 13.7 Å². The summed E-state index contributed by atoms with van der Waals surface area (Å²) in [6.45, 7) is 2.54. The topological polar surface area (TPSA) is 50.8 Å². The van der Waals surface area contributed by atoms with Gasteiger partial charge in [-0.25, -0.2) is 0 Å². The molecule has 0 amide bonds. The van der Waals surface area contributed by atoms with E-state index in [4.69, 9.17) is 9.26 Å². The Morgan fingerprint density at radius 1 is 0.938 bits per heavy atom. The number of benzene rings is 3. The van der Waals surface area contributed by atoms with Gasteiger partial charge in [-0.1, -0.05) is 43.7 Å². The van der Waals surface area contributed by atoms with Crippen LogP contribution in [0.3, 0.4) is 0 Å². The molecule has 0 aromatic heterocycles. The van der Waals surface area contributed by atoms with Gasteiger partial charge in [0.25, 0.3) is 7.37 Å². The molecule has 0 aliphatic rings. The number of para-hydroxylation sites is 1. The van der Waals surface area contributed by atoms with E-state index in [1.54, 1.807) is 7.11 Å². The first-order valence-corrected chi connectivity index (χ1v) is 12.6. The maximum absolute atomic E-state index is 14.7. The molecule has 3 rings (SSSR count). The van der Waals surface area contributed by atoms with Crippen LogP contribution in [0.4, 0.5) is 11.4 Å². The monoisotopic (exact) mass is 452 g/mol. The molecule has 3 aromatic rings. The average molecular weight is 453 g/mol. The molecule has 0 spiro atoms. The van der Waals surface area contributed by atoms with E-state index < -0.39 is 13.2 Å². The van der Waals surface area contributed by atoms with Crippen LogP contribution in [0.5, 0.6) is 5.75 Å². The van der Waals surface area contributed by atoms with Gasteiger partial charge in [-0.2, -0.15) is 0 Å². The van der Waals surface area contributed by atoms with E-state index in [1.165, 1.54) is 0 Å². The zero-order chi connectivity index (χ0) is 23.0. The molecule has 0 bridgehead atoms. The van der Waals surface area contributed by atoms with Gasteiger partial charge in [0.1, 0.15) is 11.5 Å². The number of methoxy groups -OCH3 is 1. The molecule has 0 heterocycles. The Bertz CT molecular complexity index is 1010. The average Bonchev–Trinajstić information content (AvgIpc) is 2.83. The van der Waals surface area contributed by atoms with E-state index in [0.29, 0.717) is 11.9 Å². The summed E-state index contributed by atoms with van der Waals surface area (Å²) in [4.78, 5) is 2.02. The molecule has 6 heteroatoms. The third-order valence-electron chi connectivity index (χ3n) is 5.36. The molecule has 0 saturated carbocycles. The fraction of sp³-hybridized carbons (Fsp3) is 0.308. The first-order chi connectivity index (χ1) is 15.5. The van der Waals surface area contributed by atoms with Crippen molar-refractivity contribution in [3.05, 3.63) is 84.4 Å². The van der Waals surface area contributed by atoms with Gasteiger partial charge in [-0.15, -0.1) is 0 Å². The normalized spacial score (nSPS) is 13.8. The highest BCUT2D eigenvalue weighted by molar-refractivity contribution is 7.67. The fourth-order valence-corrected chi connectivity index (χ4v) is 5.89. The molecule has 3 aromatic carbocycles. The summed E-state index contributed by atoms with van der Waals surface area (Å²) in [6, 6.07) is 25.3. The number of unbranched alkanes of at least 4 members (excludes halogenated alkanes) is 1. The van der Waals surface area contributed by atoms with Crippen LogP contribution >= 0.6 is 7.37 Å². The first kappa shape index (κ1) is 23.9. The Hall–Kier alpha value is -2.75. The summed E-state index contributed by atoms with van der Waals surface area (Å²) in [5.41, 5.74) is 2.81. The number of anilines is 2. The molecule has 1 N–H and O–H groups in total. The van der Waals surface area contributed by atoms with Crippen molar-refractivity contribution in [1.29, 1.82) is 0 Å². The SMILES string of the molecule is CCCCOP(=O)(c1ccc(N(C)C)cc1)C(Nc1ccccc1)c1ccc(OC)cc1. The molecular weight excluding hydrogens is 419 g/mol. The summed E-state index contributed by atoms with van der Waals surface area (Å²) < 4.78 is 26.3. The van der Waals surface area contributed by atoms with Crippen molar-refractivity contribution in [1.82, 2.24) is 0 Å². The second-order valence-corrected chi connectivity index (χ2v) is 10.4. The molecule has 0 aliphatic heterocycles. The Kier molecular flexibility index (Phi) is 8.38.